The third-order valence-electron chi connectivity index (χ3n) is 5.10. The van der Waals surface area contributed by atoms with Crippen LogP contribution in [-0.4, -0.2) is 25.9 Å². The standard InChI is InChI=1S/C17H25NO2/c1-3-20-16-12-15(17(16)9-4-5-10-17)18-13-7-6-8-14(11-13)19-2/h6-8,11,15-16,18H,3-5,9-10,12H2,1-2H3. The van der Waals surface area contributed by atoms with E-state index in [4.69, 9.17) is 9.47 Å². The van der Waals surface area contributed by atoms with Crippen molar-refractivity contribution in [2.75, 3.05) is 19.0 Å². The number of ether oxygens (including phenoxy) is 2. The molecule has 2 unspecified atom stereocenters. The number of rotatable bonds is 5. The molecule has 0 amide bonds. The van der Waals surface area contributed by atoms with Gasteiger partial charge in [0.15, 0.2) is 0 Å². The zero-order valence-corrected chi connectivity index (χ0v) is 12.5. The molecule has 3 heteroatoms. The Balaban J connectivity index is 1.71. The van der Waals surface area contributed by atoms with Gasteiger partial charge in [-0.3, -0.25) is 0 Å². The second-order valence-electron chi connectivity index (χ2n) is 6.05. The second-order valence-corrected chi connectivity index (χ2v) is 6.05. The average molecular weight is 275 g/mol. The molecule has 1 aromatic rings. The van der Waals surface area contributed by atoms with Crippen molar-refractivity contribution in [2.24, 2.45) is 5.41 Å². The molecule has 0 radical (unpaired) electrons. The van der Waals surface area contributed by atoms with Gasteiger partial charge in [0.1, 0.15) is 5.75 Å². The Bertz CT molecular complexity index is 454. The maximum atomic E-state index is 5.96. The van der Waals surface area contributed by atoms with E-state index in [1.54, 1.807) is 7.11 Å². The molecule has 3 rings (SSSR count). The van der Waals surface area contributed by atoms with E-state index in [1.807, 2.05) is 12.1 Å². The fourth-order valence-corrected chi connectivity index (χ4v) is 4.00. The minimum Gasteiger partial charge on any atom is -0.497 e. The van der Waals surface area contributed by atoms with E-state index in [2.05, 4.69) is 24.4 Å². The predicted octanol–water partition coefficient (Wildman–Crippen LogP) is 3.84. The van der Waals surface area contributed by atoms with E-state index in [0.717, 1.165) is 24.5 Å². The van der Waals surface area contributed by atoms with Crippen molar-refractivity contribution in [1.29, 1.82) is 0 Å². The van der Waals surface area contributed by atoms with Crippen molar-refractivity contribution in [1.82, 2.24) is 0 Å². The lowest BCUT2D eigenvalue weighted by Crippen LogP contribution is -2.60. The molecular weight excluding hydrogens is 250 g/mol. The lowest BCUT2D eigenvalue weighted by Gasteiger charge is -2.54. The van der Waals surface area contributed by atoms with Crippen LogP contribution >= 0.6 is 0 Å². The molecule has 1 spiro atoms. The van der Waals surface area contributed by atoms with Crippen LogP contribution in [0.15, 0.2) is 24.3 Å². The Labute approximate surface area is 121 Å². The van der Waals surface area contributed by atoms with Crippen molar-refractivity contribution >= 4 is 5.69 Å². The Kier molecular flexibility index (Phi) is 3.88. The Morgan fingerprint density at radius 1 is 1.30 bits per heavy atom. The highest BCUT2D eigenvalue weighted by Crippen LogP contribution is 2.55. The van der Waals surface area contributed by atoms with Crippen molar-refractivity contribution in [3.63, 3.8) is 0 Å². The van der Waals surface area contributed by atoms with E-state index in [9.17, 15) is 0 Å². The van der Waals surface area contributed by atoms with Gasteiger partial charge in [-0.05, 0) is 38.3 Å². The minimum atomic E-state index is 0.374. The molecule has 0 bridgehead atoms. The monoisotopic (exact) mass is 275 g/mol. The molecule has 3 nitrogen and oxygen atoms in total. The molecule has 0 aromatic heterocycles. The van der Waals surface area contributed by atoms with Crippen LogP contribution in [0.5, 0.6) is 5.75 Å². The van der Waals surface area contributed by atoms with Gasteiger partial charge in [-0.15, -0.1) is 0 Å². The third-order valence-corrected chi connectivity index (χ3v) is 5.10. The number of hydrogen-bond acceptors (Lipinski definition) is 3. The van der Waals surface area contributed by atoms with Gasteiger partial charge in [-0.1, -0.05) is 18.9 Å². The molecular formula is C17H25NO2. The quantitative estimate of drug-likeness (QED) is 0.885. The van der Waals surface area contributed by atoms with Crippen molar-refractivity contribution in [3.8, 4) is 5.75 Å². The molecule has 2 saturated carbocycles. The van der Waals surface area contributed by atoms with Crippen LogP contribution in [0.25, 0.3) is 0 Å². The Hall–Kier alpha value is -1.22. The van der Waals surface area contributed by atoms with Gasteiger partial charge < -0.3 is 14.8 Å². The first-order valence-electron chi connectivity index (χ1n) is 7.80. The maximum absolute atomic E-state index is 5.96. The topological polar surface area (TPSA) is 30.5 Å². The molecule has 0 heterocycles. The summed E-state index contributed by atoms with van der Waals surface area (Å²) < 4.78 is 11.3. The number of nitrogens with one attached hydrogen (secondary N) is 1. The Morgan fingerprint density at radius 3 is 2.80 bits per heavy atom. The minimum absolute atomic E-state index is 0.374. The molecule has 1 aromatic carbocycles. The largest absolute Gasteiger partial charge is 0.497 e. The lowest BCUT2D eigenvalue weighted by molar-refractivity contribution is -0.114. The van der Waals surface area contributed by atoms with Gasteiger partial charge in [0, 0.05) is 29.8 Å². The van der Waals surface area contributed by atoms with Gasteiger partial charge in [0.05, 0.1) is 13.2 Å². The summed E-state index contributed by atoms with van der Waals surface area (Å²) >= 11 is 0. The van der Waals surface area contributed by atoms with Crippen LogP contribution in [0.3, 0.4) is 0 Å². The summed E-state index contributed by atoms with van der Waals surface area (Å²) in [7, 11) is 1.71. The molecule has 110 valence electrons. The highest BCUT2D eigenvalue weighted by molar-refractivity contribution is 5.50. The molecule has 1 N–H and O–H groups in total. The first-order chi connectivity index (χ1) is 9.78. The average Bonchev–Trinajstić information content (AvgIpc) is 2.99. The fraction of sp³-hybridized carbons (Fsp3) is 0.647. The Morgan fingerprint density at radius 2 is 2.10 bits per heavy atom. The highest BCUT2D eigenvalue weighted by Gasteiger charge is 2.56. The van der Waals surface area contributed by atoms with Crippen LogP contribution in [0.1, 0.15) is 39.0 Å². The van der Waals surface area contributed by atoms with E-state index < -0.39 is 0 Å². The third kappa shape index (κ3) is 2.28. The lowest BCUT2D eigenvalue weighted by atomic mass is 9.60. The van der Waals surface area contributed by atoms with Gasteiger partial charge in [0.2, 0.25) is 0 Å². The summed E-state index contributed by atoms with van der Waals surface area (Å²) in [5.41, 5.74) is 1.54. The summed E-state index contributed by atoms with van der Waals surface area (Å²) in [6.45, 7) is 2.93. The van der Waals surface area contributed by atoms with Crippen LogP contribution < -0.4 is 10.1 Å². The van der Waals surface area contributed by atoms with E-state index >= 15 is 0 Å². The summed E-state index contributed by atoms with van der Waals surface area (Å²) in [5.74, 6) is 0.913. The zero-order valence-electron chi connectivity index (χ0n) is 12.5. The summed E-state index contributed by atoms with van der Waals surface area (Å²) in [6.07, 6.45) is 6.89. The van der Waals surface area contributed by atoms with Crippen molar-refractivity contribution in [3.05, 3.63) is 24.3 Å². The van der Waals surface area contributed by atoms with Gasteiger partial charge >= 0.3 is 0 Å². The fourth-order valence-electron chi connectivity index (χ4n) is 4.00. The van der Waals surface area contributed by atoms with Gasteiger partial charge in [-0.2, -0.15) is 0 Å². The van der Waals surface area contributed by atoms with Gasteiger partial charge in [0.25, 0.3) is 0 Å². The summed E-state index contributed by atoms with van der Waals surface area (Å²) in [5, 5.41) is 3.71. The molecule has 2 aliphatic carbocycles. The van der Waals surface area contributed by atoms with E-state index in [-0.39, 0.29) is 0 Å². The first kappa shape index (κ1) is 13.7. The van der Waals surface area contributed by atoms with E-state index in [1.165, 1.54) is 25.7 Å². The number of benzene rings is 1. The molecule has 20 heavy (non-hydrogen) atoms. The molecule has 0 aliphatic heterocycles. The highest BCUT2D eigenvalue weighted by atomic mass is 16.5. The van der Waals surface area contributed by atoms with Crippen molar-refractivity contribution < 1.29 is 9.47 Å². The molecule has 2 atom stereocenters. The maximum Gasteiger partial charge on any atom is 0.120 e. The number of hydrogen-bond donors (Lipinski definition) is 1. The number of anilines is 1. The first-order valence-corrected chi connectivity index (χ1v) is 7.80. The molecule has 0 saturated heterocycles. The van der Waals surface area contributed by atoms with Crippen molar-refractivity contribution in [2.45, 2.75) is 51.2 Å². The van der Waals surface area contributed by atoms with Crippen LogP contribution in [0.2, 0.25) is 0 Å². The molecule has 2 aliphatic rings. The summed E-state index contributed by atoms with van der Waals surface area (Å²) in [4.78, 5) is 0. The van der Waals surface area contributed by atoms with E-state index in [0.29, 0.717) is 17.6 Å². The van der Waals surface area contributed by atoms with Crippen LogP contribution in [-0.2, 0) is 4.74 Å². The van der Waals surface area contributed by atoms with Gasteiger partial charge in [-0.25, -0.2) is 0 Å². The predicted molar refractivity (Wildman–Crippen MR) is 81.3 cm³/mol. The zero-order chi connectivity index (χ0) is 14.0. The summed E-state index contributed by atoms with van der Waals surface area (Å²) in [6, 6.07) is 8.78. The number of methoxy groups -OCH3 is 1. The van der Waals surface area contributed by atoms with Crippen LogP contribution in [0, 0.1) is 5.41 Å². The second kappa shape index (κ2) is 5.65. The normalized spacial score (nSPS) is 27.3. The van der Waals surface area contributed by atoms with Crippen LogP contribution in [0.4, 0.5) is 5.69 Å². The molecule has 2 fully saturated rings. The SMILES string of the molecule is CCOC1CC(Nc2cccc(OC)c2)C12CCCC2. The smallest absolute Gasteiger partial charge is 0.120 e.